The molecule has 11 atom stereocenters. The number of amides is 3. The third kappa shape index (κ3) is 10.9. The normalized spacial score (nSPS) is 29.8. The predicted octanol–water partition coefficient (Wildman–Crippen LogP) is 6.41. The number of hydrogen-bond acceptors (Lipinski definition) is 12. The van der Waals surface area contributed by atoms with Crippen molar-refractivity contribution in [2.24, 2.45) is 34.5 Å². The maximum Gasteiger partial charge on any atom is 0.246 e. The average Bonchev–Trinajstić information content (AvgIpc) is 3.89. The van der Waals surface area contributed by atoms with Crippen molar-refractivity contribution in [2.75, 3.05) is 6.54 Å². The van der Waals surface area contributed by atoms with E-state index in [0.29, 0.717) is 49.4 Å². The van der Waals surface area contributed by atoms with E-state index in [9.17, 15) is 34.5 Å². The highest BCUT2D eigenvalue weighted by Gasteiger charge is 2.61. The van der Waals surface area contributed by atoms with Gasteiger partial charge in [0.1, 0.15) is 23.4 Å². The topological polar surface area (TPSA) is 209 Å². The molecular formula is C52H73N7O8S. The molecule has 4 aliphatic rings. The van der Waals surface area contributed by atoms with E-state index >= 15 is 0 Å². The van der Waals surface area contributed by atoms with Crippen molar-refractivity contribution in [3.8, 4) is 10.4 Å². The van der Waals surface area contributed by atoms with Crippen molar-refractivity contribution in [3.63, 3.8) is 0 Å². The summed E-state index contributed by atoms with van der Waals surface area (Å²) in [6.07, 6.45) is 5.14. The van der Waals surface area contributed by atoms with Gasteiger partial charge in [-0.1, -0.05) is 90.1 Å². The highest BCUT2D eigenvalue weighted by atomic mass is 32.1. The Labute approximate surface area is 405 Å². The second-order valence-corrected chi connectivity index (χ2v) is 22.7. The fourth-order valence-corrected chi connectivity index (χ4v) is 11.9. The van der Waals surface area contributed by atoms with Crippen LogP contribution in [0, 0.1) is 41.4 Å². The van der Waals surface area contributed by atoms with Crippen LogP contribution in [0.5, 0.6) is 0 Å². The van der Waals surface area contributed by atoms with Gasteiger partial charge in [-0.3, -0.25) is 23.9 Å². The number of likely N-dealkylation sites (tertiary alicyclic amines) is 1. The Balaban J connectivity index is 0.889. The molecule has 7 rings (SSSR count). The molecule has 2 aromatic heterocycles. The zero-order valence-electron chi connectivity index (χ0n) is 41.3. The number of rotatable bonds is 15. The van der Waals surface area contributed by atoms with Crippen molar-refractivity contribution in [1.29, 1.82) is 0 Å². The lowest BCUT2D eigenvalue weighted by atomic mass is 9.77. The van der Waals surface area contributed by atoms with Crippen LogP contribution in [0.2, 0.25) is 0 Å². The summed E-state index contributed by atoms with van der Waals surface area (Å²) in [5.74, 6) is -1.97. The second kappa shape index (κ2) is 20.4. The molecule has 15 nitrogen and oxygen atoms in total. The molecule has 5 N–H and O–H groups in total. The van der Waals surface area contributed by atoms with Crippen molar-refractivity contribution in [1.82, 2.24) is 35.5 Å². The van der Waals surface area contributed by atoms with E-state index in [4.69, 9.17) is 4.74 Å². The van der Waals surface area contributed by atoms with Gasteiger partial charge in [-0.15, -0.1) is 16.4 Å². The molecule has 3 fully saturated rings. The number of fused-ring (bicyclic) bond motifs is 2. The summed E-state index contributed by atoms with van der Waals surface area (Å²) in [5, 5.41) is 48.8. The number of aryl methyl sites for hydroxylation is 2. The van der Waals surface area contributed by atoms with Crippen molar-refractivity contribution < 1.29 is 39.2 Å². The highest BCUT2D eigenvalue weighted by molar-refractivity contribution is 7.13. The fourth-order valence-electron chi connectivity index (χ4n) is 11.0. The molecule has 0 unspecified atom stereocenters. The minimum Gasteiger partial charge on any atom is -0.392 e. The number of hydrogen-bond donors (Lipinski definition) is 5. The minimum absolute atomic E-state index is 0.00713. The van der Waals surface area contributed by atoms with Crippen LogP contribution >= 0.6 is 11.3 Å². The van der Waals surface area contributed by atoms with Gasteiger partial charge in [-0.05, 0) is 104 Å². The van der Waals surface area contributed by atoms with E-state index in [1.54, 1.807) is 29.1 Å². The number of nitrogens with one attached hydrogen (secondary N) is 2. The van der Waals surface area contributed by atoms with Crippen LogP contribution in [0.25, 0.3) is 10.4 Å². The number of aliphatic hydroxyl groups excluding tert-OH is 2. The van der Waals surface area contributed by atoms with Crippen LogP contribution in [-0.4, -0.2) is 106 Å². The zero-order chi connectivity index (χ0) is 49.5. The number of nitrogens with zero attached hydrogens (tertiary/aromatic N) is 5. The number of ketones is 1. The first-order valence-corrected chi connectivity index (χ1v) is 25.3. The smallest absolute Gasteiger partial charge is 0.246 e. The molecule has 68 heavy (non-hydrogen) atoms. The third-order valence-electron chi connectivity index (χ3n) is 15.3. The SMILES string of the molecule is C=C1CC[C@H]2[C@@H](/C=C(\C)C(=O)[C@@]3(O)C[C@H](C)[C@H](O)[C@@H]3[C@H]1OCc1cn(CCCCCC(=O)N[C@H](C(=O)N3C[C@H](O)C[C@H]3C(=O)N[C@H](C)c3ccc(-c4scnc4C)cc3)C(C)(C)C)nn1)C2(C)C. The van der Waals surface area contributed by atoms with Crippen LogP contribution in [0.1, 0.15) is 130 Å². The number of carbonyl (C=O) groups excluding carboxylic acids is 4. The quantitative estimate of drug-likeness (QED) is 0.0831. The molecule has 3 aromatic rings. The molecule has 0 radical (unpaired) electrons. The number of unbranched alkanes of at least 4 members (excludes halogenated alkanes) is 2. The van der Waals surface area contributed by atoms with Crippen molar-refractivity contribution in [2.45, 2.75) is 169 Å². The Bertz CT molecular complexity index is 2370. The highest BCUT2D eigenvalue weighted by Crippen LogP contribution is 2.62. The molecule has 3 amide bonds. The molecule has 2 saturated carbocycles. The van der Waals surface area contributed by atoms with Gasteiger partial charge in [-0.25, -0.2) is 4.98 Å². The zero-order valence-corrected chi connectivity index (χ0v) is 42.1. The molecule has 3 heterocycles. The largest absolute Gasteiger partial charge is 0.392 e. The van der Waals surface area contributed by atoms with E-state index < -0.39 is 53.2 Å². The number of Topliss-reactive ketones (excluding diaryl/α,β-unsaturated/α-hetero) is 1. The first-order chi connectivity index (χ1) is 32.0. The maximum absolute atomic E-state index is 14.2. The summed E-state index contributed by atoms with van der Waals surface area (Å²) in [7, 11) is 0. The van der Waals surface area contributed by atoms with Gasteiger partial charge in [-0.2, -0.15) is 0 Å². The number of allylic oxidation sites excluding steroid dienone is 1. The Hall–Kier alpha value is -4.61. The van der Waals surface area contributed by atoms with Crippen LogP contribution in [0.3, 0.4) is 0 Å². The molecule has 370 valence electrons. The van der Waals surface area contributed by atoms with E-state index in [0.717, 1.165) is 33.7 Å². The number of aliphatic hydroxyl groups is 3. The number of aromatic nitrogens is 4. The molecule has 1 aromatic carbocycles. The van der Waals surface area contributed by atoms with Gasteiger partial charge < -0.3 is 35.6 Å². The minimum atomic E-state index is -1.79. The Morgan fingerprint density at radius 1 is 1.07 bits per heavy atom. The third-order valence-corrected chi connectivity index (χ3v) is 16.3. The second-order valence-electron chi connectivity index (χ2n) is 21.8. The summed E-state index contributed by atoms with van der Waals surface area (Å²) < 4.78 is 8.20. The summed E-state index contributed by atoms with van der Waals surface area (Å²) in [6, 6.07) is 5.79. The van der Waals surface area contributed by atoms with Gasteiger partial charge in [0.2, 0.25) is 17.7 Å². The fraction of sp³-hybridized carbons (Fsp3) is 0.635. The van der Waals surface area contributed by atoms with Gasteiger partial charge in [0.15, 0.2) is 5.78 Å². The lowest BCUT2D eigenvalue weighted by Gasteiger charge is -2.37. The number of benzene rings is 1. The lowest BCUT2D eigenvalue weighted by molar-refractivity contribution is -0.148. The summed E-state index contributed by atoms with van der Waals surface area (Å²) in [6.45, 7) is 22.5. The predicted molar refractivity (Wildman–Crippen MR) is 260 cm³/mol. The number of thiazole rings is 1. The molecular weight excluding hydrogens is 883 g/mol. The van der Waals surface area contributed by atoms with Crippen LogP contribution in [-0.2, 0) is 37.1 Å². The van der Waals surface area contributed by atoms with E-state index in [1.807, 2.05) is 77.4 Å². The Morgan fingerprint density at radius 3 is 2.47 bits per heavy atom. The monoisotopic (exact) mass is 956 g/mol. The maximum atomic E-state index is 14.2. The van der Waals surface area contributed by atoms with Crippen LogP contribution in [0.4, 0.5) is 0 Å². The van der Waals surface area contributed by atoms with Crippen molar-refractivity contribution in [3.05, 3.63) is 76.7 Å². The Kier molecular flexibility index (Phi) is 15.4. The summed E-state index contributed by atoms with van der Waals surface area (Å²) in [5.41, 5.74) is 4.15. The average molecular weight is 956 g/mol. The van der Waals surface area contributed by atoms with E-state index in [-0.39, 0.29) is 73.3 Å². The molecule has 0 spiro atoms. The molecule has 1 aliphatic heterocycles. The number of carbonyl (C=O) groups is 4. The molecule has 16 heteroatoms. The first-order valence-electron chi connectivity index (χ1n) is 24.4. The lowest BCUT2D eigenvalue weighted by Crippen LogP contribution is -2.57. The van der Waals surface area contributed by atoms with Gasteiger partial charge >= 0.3 is 0 Å². The Morgan fingerprint density at radius 2 is 1.79 bits per heavy atom. The van der Waals surface area contributed by atoms with Crippen LogP contribution < -0.4 is 10.6 Å². The molecule has 3 aliphatic carbocycles. The van der Waals surface area contributed by atoms with E-state index in [2.05, 4.69) is 46.4 Å². The summed E-state index contributed by atoms with van der Waals surface area (Å²) >= 11 is 1.57. The van der Waals surface area contributed by atoms with Crippen LogP contribution in [0.15, 0.2) is 59.8 Å². The van der Waals surface area contributed by atoms with Crippen molar-refractivity contribution >= 4 is 34.8 Å². The van der Waals surface area contributed by atoms with E-state index in [1.165, 1.54) is 4.90 Å². The molecule has 0 bridgehead atoms. The first kappa shape index (κ1) is 51.2. The number of ether oxygens (including phenoxy) is 1. The molecule has 1 saturated heterocycles. The van der Waals surface area contributed by atoms with Gasteiger partial charge in [0.25, 0.3) is 0 Å². The standard InChI is InChI=1S/C52H73N7O8S/c1-29-15-20-38-39(51(38,9)10)22-30(2)47(63)52(66)24-31(3)43(62)42(52)44(29)67-27-36-25-58(57-56-36)21-13-11-12-14-41(61)55-46(50(6,7)8)49(65)59-26-37(60)23-40(59)48(64)54-32(4)34-16-18-35(19-17-34)45-33(5)53-28-68-45/h16-19,22,25,28,31-32,37-40,42-44,46,60,62,66H,1,11-15,20-21,23-24,26-27H2,2-10H3,(H,54,64)(H,55,61)/b30-22+/t31-,32+,37+,38-,39+,40-,42+,43-,44-,46+,52+/m0/s1. The summed E-state index contributed by atoms with van der Waals surface area (Å²) in [4.78, 5) is 62.0. The van der Waals surface area contributed by atoms with Gasteiger partial charge in [0, 0.05) is 25.9 Å². The number of β-amino-alcohol motifs (C(OH)–C–C–N with tert-alkyl or cyclic N) is 1. The van der Waals surface area contributed by atoms with Gasteiger partial charge in [0.05, 0.1) is 59.2 Å².